The molecule has 0 saturated carbocycles. The van der Waals surface area contributed by atoms with E-state index in [0.29, 0.717) is 31.8 Å². The Morgan fingerprint density at radius 2 is 2.11 bits per heavy atom. The number of rotatable bonds is 5. The maximum atomic E-state index is 12.0. The van der Waals surface area contributed by atoms with E-state index in [-0.39, 0.29) is 5.91 Å². The second-order valence-electron chi connectivity index (χ2n) is 5.32. The van der Waals surface area contributed by atoms with E-state index in [1.54, 1.807) is 0 Å². The number of hydrogen-bond acceptors (Lipinski definition) is 4. The third-order valence-electron chi connectivity index (χ3n) is 3.96. The fourth-order valence-electron chi connectivity index (χ4n) is 2.70. The third kappa shape index (κ3) is 4.75. The molecular weight excluding hydrogens is 244 g/mol. The molecule has 2 unspecified atom stereocenters. The van der Waals surface area contributed by atoms with Crippen LogP contribution >= 0.6 is 0 Å². The highest BCUT2D eigenvalue weighted by atomic mass is 16.5. The van der Waals surface area contributed by atoms with Gasteiger partial charge in [-0.05, 0) is 19.3 Å². The van der Waals surface area contributed by atoms with Gasteiger partial charge in [-0.2, -0.15) is 0 Å². The van der Waals surface area contributed by atoms with Crippen molar-refractivity contribution in [2.45, 2.75) is 44.8 Å². The smallest absolute Gasteiger partial charge is 0.224 e. The van der Waals surface area contributed by atoms with E-state index in [1.165, 1.54) is 0 Å². The first-order valence-electron chi connectivity index (χ1n) is 7.50. The minimum Gasteiger partial charge on any atom is -0.378 e. The van der Waals surface area contributed by atoms with Crippen LogP contribution in [0.15, 0.2) is 0 Å². The van der Waals surface area contributed by atoms with Gasteiger partial charge in [-0.1, -0.05) is 6.92 Å². The molecule has 0 aromatic carbocycles. The zero-order valence-corrected chi connectivity index (χ0v) is 11.9. The van der Waals surface area contributed by atoms with Gasteiger partial charge in [0, 0.05) is 38.7 Å². The van der Waals surface area contributed by atoms with Crippen molar-refractivity contribution in [3.8, 4) is 0 Å². The second kappa shape index (κ2) is 7.82. The number of carbonyl (C=O) groups excluding carboxylic acids is 1. The average molecular weight is 270 g/mol. The molecule has 1 amide bonds. The van der Waals surface area contributed by atoms with Gasteiger partial charge in [0.1, 0.15) is 0 Å². The number of morpholine rings is 1. The zero-order chi connectivity index (χ0) is 13.5. The summed E-state index contributed by atoms with van der Waals surface area (Å²) in [6.07, 6.45) is 4.19. The summed E-state index contributed by atoms with van der Waals surface area (Å²) in [4.78, 5) is 13.9. The van der Waals surface area contributed by atoms with Gasteiger partial charge in [0.2, 0.25) is 5.91 Å². The lowest BCUT2D eigenvalue weighted by Crippen LogP contribution is -2.43. The molecule has 0 aromatic heterocycles. The molecule has 5 heteroatoms. The molecule has 110 valence electrons. The first-order valence-corrected chi connectivity index (χ1v) is 7.50. The first-order chi connectivity index (χ1) is 9.29. The minimum absolute atomic E-state index is 0.245. The Morgan fingerprint density at radius 3 is 2.84 bits per heavy atom. The van der Waals surface area contributed by atoms with Crippen LogP contribution in [0, 0.1) is 0 Å². The summed E-state index contributed by atoms with van der Waals surface area (Å²) in [5.41, 5.74) is 0. The molecule has 2 aliphatic rings. The molecule has 0 aromatic rings. The molecule has 0 aliphatic carbocycles. The molecule has 2 aliphatic heterocycles. The number of nitrogens with zero attached hydrogens (tertiary/aromatic N) is 1. The standard InChI is InChI=1S/C14H26N2O3/c1-2-13-11-12(4-8-19-13)15-5-3-14(17)16-6-9-18-10-7-16/h12-13,15H,2-11H2,1H3. The Morgan fingerprint density at radius 1 is 1.32 bits per heavy atom. The second-order valence-corrected chi connectivity index (χ2v) is 5.32. The lowest BCUT2D eigenvalue weighted by molar-refractivity contribution is -0.135. The average Bonchev–Trinajstić information content (AvgIpc) is 2.48. The van der Waals surface area contributed by atoms with Gasteiger partial charge in [0.05, 0.1) is 19.3 Å². The number of carbonyl (C=O) groups is 1. The topological polar surface area (TPSA) is 50.8 Å². The van der Waals surface area contributed by atoms with Crippen LogP contribution in [0.2, 0.25) is 0 Å². The van der Waals surface area contributed by atoms with E-state index in [4.69, 9.17) is 9.47 Å². The van der Waals surface area contributed by atoms with E-state index in [2.05, 4.69) is 12.2 Å². The summed E-state index contributed by atoms with van der Waals surface area (Å²) in [5, 5.41) is 3.50. The van der Waals surface area contributed by atoms with Crippen LogP contribution in [-0.2, 0) is 14.3 Å². The van der Waals surface area contributed by atoms with Gasteiger partial charge in [-0.25, -0.2) is 0 Å². The number of amides is 1. The molecule has 2 saturated heterocycles. The Bertz CT molecular complexity index is 280. The Labute approximate surface area is 115 Å². The van der Waals surface area contributed by atoms with E-state index >= 15 is 0 Å². The molecule has 5 nitrogen and oxygen atoms in total. The molecule has 2 atom stereocenters. The van der Waals surface area contributed by atoms with Crippen molar-refractivity contribution in [1.29, 1.82) is 0 Å². The maximum absolute atomic E-state index is 12.0. The zero-order valence-electron chi connectivity index (χ0n) is 11.9. The molecule has 0 bridgehead atoms. The van der Waals surface area contributed by atoms with Gasteiger partial charge in [-0.3, -0.25) is 4.79 Å². The SMILES string of the molecule is CCC1CC(NCCC(=O)N2CCOCC2)CCO1. The predicted octanol–water partition coefficient (Wildman–Crippen LogP) is 0.783. The lowest BCUT2D eigenvalue weighted by Gasteiger charge is -2.30. The van der Waals surface area contributed by atoms with Crippen molar-refractivity contribution < 1.29 is 14.3 Å². The number of ether oxygens (including phenoxy) is 2. The Kier molecular flexibility index (Phi) is 6.07. The third-order valence-corrected chi connectivity index (χ3v) is 3.96. The quantitative estimate of drug-likeness (QED) is 0.802. The molecule has 19 heavy (non-hydrogen) atoms. The summed E-state index contributed by atoms with van der Waals surface area (Å²) in [5.74, 6) is 0.245. The van der Waals surface area contributed by atoms with E-state index in [1.807, 2.05) is 4.90 Å². The summed E-state index contributed by atoms with van der Waals surface area (Å²) < 4.78 is 10.9. The van der Waals surface area contributed by atoms with Crippen LogP contribution in [0.1, 0.15) is 32.6 Å². The summed E-state index contributed by atoms with van der Waals surface area (Å²) in [6, 6.07) is 0.510. The molecule has 0 radical (unpaired) electrons. The fraction of sp³-hybridized carbons (Fsp3) is 0.929. The Balaban J connectivity index is 1.61. The maximum Gasteiger partial charge on any atom is 0.224 e. The van der Waals surface area contributed by atoms with Crippen LogP contribution in [0.25, 0.3) is 0 Å². The molecule has 0 spiro atoms. The minimum atomic E-state index is 0.245. The van der Waals surface area contributed by atoms with Crippen molar-refractivity contribution >= 4 is 5.91 Å². The van der Waals surface area contributed by atoms with Gasteiger partial charge in [0.25, 0.3) is 0 Å². The molecular formula is C14H26N2O3. The molecule has 1 N–H and O–H groups in total. The van der Waals surface area contributed by atoms with Gasteiger partial charge in [0.15, 0.2) is 0 Å². The normalized spacial score (nSPS) is 28.4. The summed E-state index contributed by atoms with van der Waals surface area (Å²) in [6.45, 7) is 6.62. The van der Waals surface area contributed by atoms with Gasteiger partial charge in [-0.15, -0.1) is 0 Å². The van der Waals surface area contributed by atoms with Crippen LogP contribution in [0.4, 0.5) is 0 Å². The number of hydrogen-bond donors (Lipinski definition) is 1. The fourth-order valence-corrected chi connectivity index (χ4v) is 2.70. The van der Waals surface area contributed by atoms with E-state index in [0.717, 1.165) is 45.5 Å². The highest BCUT2D eigenvalue weighted by Gasteiger charge is 2.21. The highest BCUT2D eigenvalue weighted by Crippen LogP contribution is 2.16. The van der Waals surface area contributed by atoms with Crippen molar-refractivity contribution in [2.75, 3.05) is 39.5 Å². The molecule has 2 fully saturated rings. The van der Waals surface area contributed by atoms with Crippen molar-refractivity contribution in [3.63, 3.8) is 0 Å². The summed E-state index contributed by atoms with van der Waals surface area (Å²) in [7, 11) is 0. The monoisotopic (exact) mass is 270 g/mol. The van der Waals surface area contributed by atoms with E-state index < -0.39 is 0 Å². The Hall–Kier alpha value is -0.650. The van der Waals surface area contributed by atoms with Crippen molar-refractivity contribution in [2.24, 2.45) is 0 Å². The van der Waals surface area contributed by atoms with Crippen LogP contribution in [0.3, 0.4) is 0 Å². The first kappa shape index (κ1) is 14.8. The van der Waals surface area contributed by atoms with Crippen molar-refractivity contribution in [1.82, 2.24) is 10.2 Å². The van der Waals surface area contributed by atoms with E-state index in [9.17, 15) is 4.79 Å². The number of nitrogens with one attached hydrogen (secondary N) is 1. The van der Waals surface area contributed by atoms with Crippen molar-refractivity contribution in [3.05, 3.63) is 0 Å². The van der Waals surface area contributed by atoms with Gasteiger partial charge >= 0.3 is 0 Å². The largest absolute Gasteiger partial charge is 0.378 e. The summed E-state index contributed by atoms with van der Waals surface area (Å²) >= 11 is 0. The predicted molar refractivity (Wildman–Crippen MR) is 73.1 cm³/mol. The van der Waals surface area contributed by atoms with Gasteiger partial charge < -0.3 is 19.7 Å². The van der Waals surface area contributed by atoms with Crippen LogP contribution in [0.5, 0.6) is 0 Å². The molecule has 2 heterocycles. The molecule has 2 rings (SSSR count). The highest BCUT2D eigenvalue weighted by molar-refractivity contribution is 5.76. The van der Waals surface area contributed by atoms with Crippen LogP contribution in [-0.4, -0.2) is 62.4 Å². The lowest BCUT2D eigenvalue weighted by atomic mass is 10.0. The van der Waals surface area contributed by atoms with Crippen LogP contribution < -0.4 is 5.32 Å².